The number of hydrogen-bond donors (Lipinski definition) is 2. The summed E-state index contributed by atoms with van der Waals surface area (Å²) in [6.07, 6.45) is 6.48. The zero-order valence-corrected chi connectivity index (χ0v) is 18.3. The number of nitrogens with zero attached hydrogens (tertiary/aromatic N) is 2. The minimum Gasteiger partial charge on any atom is -0.496 e. The van der Waals surface area contributed by atoms with Crippen LogP contribution in [0.1, 0.15) is 0 Å². The molecule has 0 aliphatic carbocycles. The first-order valence-corrected chi connectivity index (χ1v) is 11.8. The number of aromatic nitrogens is 3. The minimum atomic E-state index is -3.34. The van der Waals surface area contributed by atoms with Crippen LogP contribution in [0.3, 0.4) is 0 Å². The molecule has 3 aromatic heterocycles. The lowest BCUT2D eigenvalue weighted by Crippen LogP contribution is -2.09. The lowest BCUT2D eigenvalue weighted by atomic mass is 9.98. The van der Waals surface area contributed by atoms with Crippen molar-refractivity contribution < 1.29 is 13.2 Å². The fourth-order valence-electron chi connectivity index (χ4n) is 3.92. The van der Waals surface area contributed by atoms with Crippen LogP contribution in [0.5, 0.6) is 5.75 Å². The summed E-state index contributed by atoms with van der Waals surface area (Å²) in [6, 6.07) is 17.1. The van der Waals surface area contributed by atoms with Gasteiger partial charge >= 0.3 is 0 Å². The van der Waals surface area contributed by atoms with Gasteiger partial charge in [-0.1, -0.05) is 12.1 Å². The van der Waals surface area contributed by atoms with Crippen molar-refractivity contribution in [2.45, 2.75) is 0 Å². The Labute approximate surface area is 185 Å². The van der Waals surface area contributed by atoms with E-state index in [2.05, 4.69) is 19.7 Å². The van der Waals surface area contributed by atoms with Crippen molar-refractivity contribution in [1.82, 2.24) is 15.0 Å². The third kappa shape index (κ3) is 3.65. The fourth-order valence-corrected chi connectivity index (χ4v) is 4.49. The molecule has 5 aromatic rings. The summed E-state index contributed by atoms with van der Waals surface area (Å²) >= 11 is 0. The van der Waals surface area contributed by atoms with Crippen molar-refractivity contribution in [3.05, 3.63) is 73.2 Å². The van der Waals surface area contributed by atoms with Crippen molar-refractivity contribution in [1.29, 1.82) is 0 Å². The van der Waals surface area contributed by atoms with Crippen LogP contribution in [0.2, 0.25) is 0 Å². The van der Waals surface area contributed by atoms with Crippen molar-refractivity contribution in [2.24, 2.45) is 0 Å². The van der Waals surface area contributed by atoms with Crippen molar-refractivity contribution in [3.63, 3.8) is 0 Å². The van der Waals surface area contributed by atoms with Gasteiger partial charge in [0.05, 0.1) is 30.8 Å². The maximum atomic E-state index is 11.5. The van der Waals surface area contributed by atoms with E-state index in [-0.39, 0.29) is 0 Å². The zero-order chi connectivity index (χ0) is 22.3. The average Bonchev–Trinajstić information content (AvgIpc) is 3.16. The van der Waals surface area contributed by atoms with Crippen LogP contribution in [-0.2, 0) is 10.0 Å². The SMILES string of the molecule is COc1ccc2[nH]c3cnc(-c4cccnc4)cc3c2c1-c1ccc(NS(C)(=O)=O)cc1. The quantitative estimate of drug-likeness (QED) is 0.405. The van der Waals surface area contributed by atoms with Gasteiger partial charge in [-0.05, 0) is 48.0 Å². The predicted octanol–water partition coefficient (Wildman–Crippen LogP) is 4.83. The number of sulfonamides is 1. The van der Waals surface area contributed by atoms with Gasteiger partial charge < -0.3 is 9.72 Å². The van der Waals surface area contributed by atoms with Gasteiger partial charge in [0.1, 0.15) is 5.75 Å². The highest BCUT2D eigenvalue weighted by Crippen LogP contribution is 2.41. The van der Waals surface area contributed by atoms with Gasteiger partial charge in [0.25, 0.3) is 0 Å². The number of H-pyrrole nitrogens is 1. The highest BCUT2D eigenvalue weighted by atomic mass is 32.2. The maximum absolute atomic E-state index is 11.5. The molecule has 0 spiro atoms. The molecular weight excluding hydrogens is 424 g/mol. The standard InChI is InChI=1S/C24H20N4O3S/c1-31-22-10-9-19-24(23(22)15-5-7-17(8-6-15)28-32(2,29)30)18-12-20(26-14-21(18)27-19)16-4-3-11-25-13-16/h3-14,27-28H,1-2H3. The molecule has 0 saturated carbocycles. The zero-order valence-electron chi connectivity index (χ0n) is 17.5. The third-order valence-electron chi connectivity index (χ3n) is 5.26. The number of pyridine rings is 2. The number of aromatic amines is 1. The second kappa shape index (κ2) is 7.65. The van der Waals surface area contributed by atoms with E-state index < -0.39 is 10.0 Å². The molecule has 0 aliphatic heterocycles. The molecule has 0 radical (unpaired) electrons. The summed E-state index contributed by atoms with van der Waals surface area (Å²) in [5.74, 6) is 0.724. The molecule has 7 nitrogen and oxygen atoms in total. The van der Waals surface area contributed by atoms with E-state index in [1.807, 2.05) is 48.7 Å². The molecule has 0 aliphatic rings. The molecule has 2 N–H and O–H groups in total. The minimum absolute atomic E-state index is 0.504. The molecule has 0 amide bonds. The number of methoxy groups -OCH3 is 1. The van der Waals surface area contributed by atoms with E-state index in [1.165, 1.54) is 0 Å². The summed E-state index contributed by atoms with van der Waals surface area (Å²) in [7, 11) is -1.70. The second-order valence-electron chi connectivity index (χ2n) is 7.50. The van der Waals surface area contributed by atoms with Gasteiger partial charge in [-0.25, -0.2) is 8.42 Å². The Morgan fingerprint density at radius 1 is 0.969 bits per heavy atom. The Kier molecular flexibility index (Phi) is 4.79. The number of nitrogens with one attached hydrogen (secondary N) is 2. The van der Waals surface area contributed by atoms with Gasteiger partial charge in [0.15, 0.2) is 0 Å². The molecule has 0 unspecified atom stereocenters. The first kappa shape index (κ1) is 20.0. The van der Waals surface area contributed by atoms with E-state index in [0.29, 0.717) is 5.69 Å². The van der Waals surface area contributed by atoms with Crippen LogP contribution in [0.4, 0.5) is 5.69 Å². The molecule has 5 rings (SSSR count). The summed E-state index contributed by atoms with van der Waals surface area (Å²) in [4.78, 5) is 12.2. The lowest BCUT2D eigenvalue weighted by molar-refractivity contribution is 0.417. The maximum Gasteiger partial charge on any atom is 0.229 e. The molecule has 0 saturated heterocycles. The number of ether oxygens (including phenoxy) is 1. The van der Waals surface area contributed by atoms with E-state index in [4.69, 9.17) is 4.74 Å². The van der Waals surface area contributed by atoms with Gasteiger partial charge in [0, 0.05) is 45.5 Å². The molecular formula is C24H20N4O3S. The average molecular weight is 445 g/mol. The molecule has 3 heterocycles. The van der Waals surface area contributed by atoms with E-state index >= 15 is 0 Å². The van der Waals surface area contributed by atoms with Crippen LogP contribution in [0, 0.1) is 0 Å². The first-order chi connectivity index (χ1) is 15.4. The Bertz CT molecular complexity index is 1540. The number of fused-ring (bicyclic) bond motifs is 3. The molecule has 0 fully saturated rings. The highest BCUT2D eigenvalue weighted by Gasteiger charge is 2.17. The first-order valence-electron chi connectivity index (χ1n) is 9.90. The number of rotatable bonds is 5. The Balaban J connectivity index is 1.73. The van der Waals surface area contributed by atoms with Crippen molar-refractivity contribution >= 4 is 37.5 Å². The smallest absolute Gasteiger partial charge is 0.229 e. The fraction of sp³-hybridized carbons (Fsp3) is 0.0833. The monoisotopic (exact) mass is 444 g/mol. The lowest BCUT2D eigenvalue weighted by Gasteiger charge is -2.12. The van der Waals surface area contributed by atoms with Crippen LogP contribution in [-0.4, -0.2) is 36.7 Å². The molecule has 0 bridgehead atoms. The number of benzene rings is 2. The topological polar surface area (TPSA) is 97.0 Å². The molecule has 8 heteroatoms. The summed E-state index contributed by atoms with van der Waals surface area (Å²) < 4.78 is 31.3. The Hall–Kier alpha value is -3.91. The molecule has 32 heavy (non-hydrogen) atoms. The molecule has 0 atom stereocenters. The summed E-state index contributed by atoms with van der Waals surface area (Å²) in [6.45, 7) is 0. The van der Waals surface area contributed by atoms with Crippen LogP contribution >= 0.6 is 0 Å². The van der Waals surface area contributed by atoms with Crippen molar-refractivity contribution in [3.8, 4) is 28.1 Å². The normalized spacial score (nSPS) is 11.7. The van der Waals surface area contributed by atoms with Crippen LogP contribution in [0.15, 0.2) is 73.2 Å². The van der Waals surface area contributed by atoms with E-state index in [1.54, 1.807) is 31.6 Å². The molecule has 160 valence electrons. The summed E-state index contributed by atoms with van der Waals surface area (Å²) in [5.41, 5.74) is 5.97. The van der Waals surface area contributed by atoms with Gasteiger partial charge in [0.2, 0.25) is 10.0 Å². The third-order valence-corrected chi connectivity index (χ3v) is 5.87. The Morgan fingerprint density at radius 2 is 1.78 bits per heavy atom. The van der Waals surface area contributed by atoms with Gasteiger partial charge in [-0.3, -0.25) is 14.7 Å². The van der Waals surface area contributed by atoms with Crippen LogP contribution < -0.4 is 9.46 Å². The predicted molar refractivity (Wildman–Crippen MR) is 127 cm³/mol. The van der Waals surface area contributed by atoms with E-state index in [9.17, 15) is 8.42 Å². The van der Waals surface area contributed by atoms with Crippen molar-refractivity contribution in [2.75, 3.05) is 18.1 Å². The summed E-state index contributed by atoms with van der Waals surface area (Å²) in [5, 5.41) is 2.02. The Morgan fingerprint density at radius 3 is 2.47 bits per heavy atom. The second-order valence-corrected chi connectivity index (χ2v) is 9.25. The largest absolute Gasteiger partial charge is 0.496 e. The molecule has 2 aromatic carbocycles. The van der Waals surface area contributed by atoms with Crippen LogP contribution in [0.25, 0.3) is 44.2 Å². The van der Waals surface area contributed by atoms with E-state index in [0.717, 1.165) is 56.2 Å². The highest BCUT2D eigenvalue weighted by molar-refractivity contribution is 7.92. The number of anilines is 1. The number of hydrogen-bond acceptors (Lipinski definition) is 5. The van der Waals surface area contributed by atoms with Gasteiger partial charge in [-0.2, -0.15) is 0 Å². The van der Waals surface area contributed by atoms with Gasteiger partial charge in [-0.15, -0.1) is 0 Å².